The lowest BCUT2D eigenvalue weighted by Gasteiger charge is -2.18. The van der Waals surface area contributed by atoms with Crippen LogP contribution < -0.4 is 11.2 Å². The van der Waals surface area contributed by atoms with Crippen LogP contribution in [-0.2, 0) is 23.7 Å². The highest BCUT2D eigenvalue weighted by molar-refractivity contribution is 5.74. The molecule has 1 aromatic rings. The summed E-state index contributed by atoms with van der Waals surface area (Å²) in [4.78, 5) is 39.0. The van der Waals surface area contributed by atoms with Crippen LogP contribution in [0.5, 0.6) is 0 Å². The van der Waals surface area contributed by atoms with Gasteiger partial charge in [0.1, 0.15) is 12.7 Å². The van der Waals surface area contributed by atoms with E-state index in [1.54, 1.807) is 5.48 Å². The minimum absolute atomic E-state index is 0.0871. The van der Waals surface area contributed by atoms with E-state index in [2.05, 4.69) is 4.98 Å². The largest absolute Gasteiger partial charge is 0.509 e. The molecule has 0 radical (unpaired) electrons. The zero-order valence-electron chi connectivity index (χ0n) is 13.8. The van der Waals surface area contributed by atoms with Gasteiger partial charge in [0, 0.05) is 6.20 Å². The topological polar surface area (TPSA) is 138 Å². The predicted octanol–water partition coefficient (Wildman–Crippen LogP) is -0.201. The summed E-state index contributed by atoms with van der Waals surface area (Å²) in [5, 5.41) is 8.80. The van der Waals surface area contributed by atoms with E-state index in [-0.39, 0.29) is 11.7 Å². The fourth-order valence-corrected chi connectivity index (χ4v) is 2.70. The second-order valence-electron chi connectivity index (χ2n) is 5.84. The van der Waals surface area contributed by atoms with Gasteiger partial charge in [0.15, 0.2) is 24.3 Å². The van der Waals surface area contributed by atoms with Gasteiger partial charge in [0.05, 0.1) is 7.29 Å². The molecule has 11 nitrogen and oxygen atoms in total. The molecule has 1 aromatic heterocycles. The van der Waals surface area contributed by atoms with Gasteiger partial charge in [-0.3, -0.25) is 20.0 Å². The number of ether oxygens (including phenoxy) is 4. The van der Waals surface area contributed by atoms with Crippen molar-refractivity contribution in [2.45, 2.75) is 37.4 Å². The van der Waals surface area contributed by atoms with Crippen molar-refractivity contribution in [3.63, 3.8) is 0 Å². The van der Waals surface area contributed by atoms with Crippen LogP contribution >= 0.6 is 0 Å². The molecule has 4 atom stereocenters. The monoisotopic (exact) mass is 354 g/mol. The second kappa shape index (κ2) is 6.01. The summed E-state index contributed by atoms with van der Waals surface area (Å²) >= 11 is 0. The van der Waals surface area contributed by atoms with Crippen molar-refractivity contribution in [3.05, 3.63) is 22.7 Å². The smallest absolute Gasteiger partial charge is 0.463 e. The molecule has 134 valence electrons. The van der Waals surface area contributed by atoms with Crippen LogP contribution in [0.4, 0.5) is 10.6 Å². The summed E-state index contributed by atoms with van der Waals surface area (Å²) in [6.45, 7) is -0.477. The Morgan fingerprint density at radius 2 is 2.20 bits per heavy atom. The van der Waals surface area contributed by atoms with Gasteiger partial charge in [-0.15, -0.1) is 0 Å². The number of carbonyl (C=O) groups excluding carboxylic acids is 2. The van der Waals surface area contributed by atoms with E-state index in [0.29, 0.717) is 0 Å². The molecule has 1 aliphatic carbocycles. The first-order valence-corrected chi connectivity index (χ1v) is 7.62. The Balaban J connectivity index is 1.59. The zero-order chi connectivity index (χ0) is 18.5. The molecule has 11 heteroatoms. The number of fused-ring (bicyclic) bond motifs is 1. The van der Waals surface area contributed by atoms with Crippen molar-refractivity contribution in [2.24, 2.45) is 5.92 Å². The fourth-order valence-electron chi connectivity index (χ4n) is 2.70. The first-order chi connectivity index (χ1) is 12.4. The number of hydrogen-bond donors (Lipinski definition) is 2. The van der Waals surface area contributed by atoms with Crippen LogP contribution in [0, 0.1) is 5.92 Å². The standard InChI is InChI=1S/C14H15N3O8/c18-12(6-1-2-6)22-5-7-9-10(25-14(20)24-9)11(23-7)17-4-3-8(16-21)15-13(17)19/h3-4,6-7,9-11,21H,1-2,5H2,(H,15,16,19)/t7-,9-,10-,11-/m1/s1/i7D. The minimum Gasteiger partial charge on any atom is -0.463 e. The molecule has 2 aliphatic heterocycles. The van der Waals surface area contributed by atoms with Crippen LogP contribution in [0.1, 0.15) is 20.4 Å². The first kappa shape index (κ1) is 14.7. The maximum Gasteiger partial charge on any atom is 0.509 e. The number of carbonyl (C=O) groups is 2. The highest BCUT2D eigenvalue weighted by Crippen LogP contribution is 2.38. The van der Waals surface area contributed by atoms with Crippen molar-refractivity contribution in [1.82, 2.24) is 9.55 Å². The van der Waals surface area contributed by atoms with E-state index in [9.17, 15) is 14.4 Å². The van der Waals surface area contributed by atoms with E-state index >= 15 is 0 Å². The molecule has 1 saturated carbocycles. The average molecular weight is 354 g/mol. The predicted molar refractivity (Wildman–Crippen MR) is 76.6 cm³/mol. The molecule has 2 N–H and O–H groups in total. The van der Waals surface area contributed by atoms with Gasteiger partial charge in [-0.05, 0) is 18.9 Å². The summed E-state index contributed by atoms with van der Waals surface area (Å²) in [6.07, 6.45) is -3.68. The first-order valence-electron chi connectivity index (χ1n) is 8.12. The second-order valence-corrected chi connectivity index (χ2v) is 5.84. The van der Waals surface area contributed by atoms with Gasteiger partial charge in [-0.2, -0.15) is 4.98 Å². The lowest BCUT2D eigenvalue weighted by atomic mass is 10.1. The van der Waals surface area contributed by atoms with Gasteiger partial charge < -0.3 is 18.9 Å². The van der Waals surface area contributed by atoms with E-state index in [4.69, 9.17) is 25.5 Å². The van der Waals surface area contributed by atoms with Gasteiger partial charge in [-0.25, -0.2) is 9.59 Å². The van der Waals surface area contributed by atoms with Crippen molar-refractivity contribution < 1.29 is 35.1 Å². The SMILES string of the molecule is [2H][C@]1(COC(=O)C2CC2)O[C@@H](n2ccc(NO)nc2=O)[C@@H]2OC(=O)O[C@@H]21. The summed E-state index contributed by atoms with van der Waals surface area (Å²) in [5.41, 5.74) is 0.924. The summed E-state index contributed by atoms with van der Waals surface area (Å²) in [6, 6.07) is 1.29. The van der Waals surface area contributed by atoms with Crippen molar-refractivity contribution in [1.29, 1.82) is 0 Å². The van der Waals surface area contributed by atoms with Crippen molar-refractivity contribution in [3.8, 4) is 0 Å². The molecule has 3 fully saturated rings. The lowest BCUT2D eigenvalue weighted by molar-refractivity contribution is -0.152. The van der Waals surface area contributed by atoms with Crippen molar-refractivity contribution in [2.75, 3.05) is 12.1 Å². The Bertz CT molecular complexity index is 812. The number of rotatable bonds is 5. The van der Waals surface area contributed by atoms with E-state index in [1.807, 2.05) is 0 Å². The number of esters is 1. The average Bonchev–Trinajstić information content (AvgIpc) is 3.34. The highest BCUT2D eigenvalue weighted by atomic mass is 16.8. The van der Waals surface area contributed by atoms with Crippen LogP contribution in [0.15, 0.2) is 17.1 Å². The molecule has 4 rings (SSSR count). The fraction of sp³-hybridized carbons (Fsp3) is 0.571. The lowest BCUT2D eigenvalue weighted by Crippen LogP contribution is -2.34. The third kappa shape index (κ3) is 2.91. The summed E-state index contributed by atoms with van der Waals surface area (Å²) < 4.78 is 30.1. The quantitative estimate of drug-likeness (QED) is 0.540. The third-order valence-corrected chi connectivity index (χ3v) is 4.11. The van der Waals surface area contributed by atoms with Crippen LogP contribution in [0.3, 0.4) is 0 Å². The zero-order valence-corrected chi connectivity index (χ0v) is 12.8. The van der Waals surface area contributed by atoms with E-state index in [0.717, 1.165) is 17.4 Å². The van der Waals surface area contributed by atoms with E-state index in [1.165, 1.54) is 12.3 Å². The Labute approximate surface area is 141 Å². The van der Waals surface area contributed by atoms with Crippen LogP contribution in [0.25, 0.3) is 0 Å². The van der Waals surface area contributed by atoms with Gasteiger partial charge in [-0.1, -0.05) is 0 Å². The van der Waals surface area contributed by atoms with Gasteiger partial charge in [0.2, 0.25) is 0 Å². The molecule has 3 aliphatic rings. The summed E-state index contributed by atoms with van der Waals surface area (Å²) in [7, 11) is 0. The Morgan fingerprint density at radius 3 is 2.88 bits per heavy atom. The maximum atomic E-state index is 12.1. The Morgan fingerprint density at radius 1 is 1.44 bits per heavy atom. The molecular weight excluding hydrogens is 338 g/mol. The molecule has 0 amide bonds. The molecule has 3 heterocycles. The number of hydrogen-bond acceptors (Lipinski definition) is 10. The normalized spacial score (nSPS) is 33.9. The Hall–Kier alpha value is -2.66. The molecule has 0 aromatic carbocycles. The maximum absolute atomic E-state index is 12.1. The highest BCUT2D eigenvalue weighted by Gasteiger charge is 2.55. The third-order valence-electron chi connectivity index (χ3n) is 4.11. The molecular formula is C14H15N3O8. The van der Waals surface area contributed by atoms with Crippen LogP contribution in [0.2, 0.25) is 0 Å². The number of anilines is 1. The molecule has 0 spiro atoms. The van der Waals surface area contributed by atoms with E-state index < -0.39 is 48.9 Å². The van der Waals surface area contributed by atoms with Crippen molar-refractivity contribution >= 4 is 17.9 Å². The van der Waals surface area contributed by atoms with Gasteiger partial charge >= 0.3 is 17.8 Å². The van der Waals surface area contributed by atoms with Gasteiger partial charge in [0.25, 0.3) is 0 Å². The molecule has 25 heavy (non-hydrogen) atoms. The number of nitrogens with one attached hydrogen (secondary N) is 1. The Kier molecular flexibility index (Phi) is 3.52. The molecule has 0 bridgehead atoms. The minimum atomic E-state index is -1.93. The number of aromatic nitrogens is 2. The van der Waals surface area contributed by atoms with Crippen LogP contribution in [-0.4, -0.2) is 51.8 Å². The molecule has 0 unspecified atom stereocenters. The number of nitrogens with zero attached hydrogens (tertiary/aromatic N) is 2. The summed E-state index contributed by atoms with van der Waals surface area (Å²) in [5.74, 6) is -0.696. The molecule has 2 saturated heterocycles.